The number of nitrogens with two attached hydrogens (primary N) is 1. The van der Waals surface area contributed by atoms with Gasteiger partial charge in [0, 0.05) is 18.5 Å². The number of carbonyl (C=O) groups is 1. The van der Waals surface area contributed by atoms with Gasteiger partial charge in [-0.3, -0.25) is 4.79 Å². The minimum Gasteiger partial charge on any atom is -0.391 e. The van der Waals surface area contributed by atoms with Gasteiger partial charge >= 0.3 is 0 Å². The van der Waals surface area contributed by atoms with Crippen LogP contribution < -0.4 is 11.1 Å². The molecule has 0 bridgehead atoms. The number of amides is 1. The molecule has 0 aliphatic heterocycles. The molecule has 4 nitrogen and oxygen atoms in total. The summed E-state index contributed by atoms with van der Waals surface area (Å²) in [7, 11) is 0. The van der Waals surface area contributed by atoms with Crippen LogP contribution >= 0.6 is 0 Å². The lowest BCUT2D eigenvalue weighted by Gasteiger charge is -2.17. The molecular weight excluding hydrogens is 180 g/mol. The summed E-state index contributed by atoms with van der Waals surface area (Å²) in [5, 5.41) is 12.1. The van der Waals surface area contributed by atoms with Crippen LogP contribution in [0.2, 0.25) is 0 Å². The van der Waals surface area contributed by atoms with Crippen molar-refractivity contribution in [2.75, 3.05) is 6.54 Å². The van der Waals surface area contributed by atoms with Crippen molar-refractivity contribution in [3.8, 4) is 0 Å². The van der Waals surface area contributed by atoms with Crippen molar-refractivity contribution >= 4 is 5.91 Å². The van der Waals surface area contributed by atoms with Crippen LogP contribution in [0.15, 0.2) is 0 Å². The Morgan fingerprint density at radius 3 is 2.50 bits per heavy atom. The third-order valence-corrected chi connectivity index (χ3v) is 2.34. The molecule has 4 N–H and O–H groups in total. The Bertz CT molecular complexity index is 172. The van der Waals surface area contributed by atoms with Crippen molar-refractivity contribution in [1.82, 2.24) is 5.32 Å². The minimum atomic E-state index is -0.441. The number of hydrogen-bond acceptors (Lipinski definition) is 3. The first-order valence-electron chi connectivity index (χ1n) is 5.20. The Hall–Kier alpha value is -0.610. The van der Waals surface area contributed by atoms with E-state index in [9.17, 15) is 9.90 Å². The molecule has 0 aliphatic carbocycles. The van der Waals surface area contributed by atoms with Crippen LogP contribution in [0.3, 0.4) is 0 Å². The van der Waals surface area contributed by atoms with E-state index in [0.29, 0.717) is 13.0 Å². The first kappa shape index (κ1) is 13.4. The summed E-state index contributed by atoms with van der Waals surface area (Å²) in [6.45, 7) is 5.90. The fourth-order valence-corrected chi connectivity index (χ4v) is 1.05. The van der Waals surface area contributed by atoms with Gasteiger partial charge < -0.3 is 16.2 Å². The second-order valence-corrected chi connectivity index (χ2v) is 3.84. The van der Waals surface area contributed by atoms with E-state index in [1.165, 1.54) is 0 Å². The zero-order valence-electron chi connectivity index (χ0n) is 9.29. The van der Waals surface area contributed by atoms with Gasteiger partial charge in [0.2, 0.25) is 5.91 Å². The first-order valence-corrected chi connectivity index (χ1v) is 5.20. The van der Waals surface area contributed by atoms with Crippen LogP contribution in [-0.4, -0.2) is 29.7 Å². The second kappa shape index (κ2) is 6.79. The smallest absolute Gasteiger partial charge is 0.224 e. The third-order valence-electron chi connectivity index (χ3n) is 2.34. The topological polar surface area (TPSA) is 75.3 Å². The highest BCUT2D eigenvalue weighted by molar-refractivity contribution is 5.78. The predicted octanol–water partition coefficient (Wildman–Crippen LogP) is 0.247. The molecule has 3 atom stereocenters. The van der Waals surface area contributed by atoms with Crippen LogP contribution in [-0.2, 0) is 4.79 Å². The average Bonchev–Trinajstić information content (AvgIpc) is 2.13. The van der Waals surface area contributed by atoms with Crippen molar-refractivity contribution in [2.24, 2.45) is 11.7 Å². The van der Waals surface area contributed by atoms with Gasteiger partial charge in [-0.2, -0.15) is 0 Å². The molecule has 0 fully saturated rings. The number of nitrogens with one attached hydrogen (secondary N) is 1. The molecule has 1 amide bonds. The molecule has 0 aromatic heterocycles. The molecule has 4 heteroatoms. The number of carbonyl (C=O) groups excluding carboxylic acids is 1. The number of rotatable bonds is 6. The van der Waals surface area contributed by atoms with E-state index in [2.05, 4.69) is 5.32 Å². The van der Waals surface area contributed by atoms with Crippen LogP contribution in [0.1, 0.15) is 33.6 Å². The van der Waals surface area contributed by atoms with Crippen molar-refractivity contribution in [1.29, 1.82) is 0 Å². The molecule has 0 aliphatic rings. The van der Waals surface area contributed by atoms with Crippen LogP contribution in [0.25, 0.3) is 0 Å². The minimum absolute atomic E-state index is 0.0878. The summed E-state index contributed by atoms with van der Waals surface area (Å²) >= 11 is 0. The highest BCUT2D eigenvalue weighted by Gasteiger charge is 2.17. The molecule has 0 aromatic rings. The van der Waals surface area contributed by atoms with E-state index in [4.69, 9.17) is 5.73 Å². The molecule has 0 saturated carbocycles. The van der Waals surface area contributed by atoms with E-state index in [1.807, 2.05) is 6.92 Å². The Kier molecular flexibility index (Phi) is 6.49. The molecule has 3 unspecified atom stereocenters. The van der Waals surface area contributed by atoms with Gasteiger partial charge in [-0.05, 0) is 13.3 Å². The normalized spacial score (nSPS) is 17.2. The lowest BCUT2D eigenvalue weighted by molar-refractivity contribution is -0.125. The average molecular weight is 202 g/mol. The van der Waals surface area contributed by atoms with E-state index in [1.54, 1.807) is 13.8 Å². The lowest BCUT2D eigenvalue weighted by atomic mass is 10.0. The molecule has 0 heterocycles. The molecule has 0 rings (SSSR count). The Labute approximate surface area is 85.9 Å². The van der Waals surface area contributed by atoms with Crippen LogP contribution in [0.5, 0.6) is 0 Å². The van der Waals surface area contributed by atoms with E-state index < -0.39 is 6.10 Å². The van der Waals surface area contributed by atoms with Crippen molar-refractivity contribution in [3.63, 3.8) is 0 Å². The molecular formula is C10H22N2O2. The Morgan fingerprint density at radius 2 is 2.07 bits per heavy atom. The molecule has 0 radical (unpaired) electrons. The number of aliphatic hydroxyl groups is 1. The van der Waals surface area contributed by atoms with Crippen LogP contribution in [0.4, 0.5) is 0 Å². The molecule has 0 spiro atoms. The number of aliphatic hydroxyl groups excluding tert-OH is 1. The van der Waals surface area contributed by atoms with Gasteiger partial charge in [-0.1, -0.05) is 20.3 Å². The summed E-state index contributed by atoms with van der Waals surface area (Å²) in [6.07, 6.45) is 1.19. The number of hydrogen-bond donors (Lipinski definition) is 3. The largest absolute Gasteiger partial charge is 0.391 e. The standard InChI is InChI=1S/C10H22N2O2/c1-4-5-9(13)6-12-10(14)7(2)8(3)11/h7-9,13H,4-6,11H2,1-3H3,(H,12,14). The van der Waals surface area contributed by atoms with Crippen molar-refractivity contribution < 1.29 is 9.90 Å². The Morgan fingerprint density at radius 1 is 1.50 bits per heavy atom. The summed E-state index contributed by atoms with van der Waals surface area (Å²) in [4.78, 5) is 11.4. The van der Waals surface area contributed by atoms with Gasteiger partial charge in [0.25, 0.3) is 0 Å². The summed E-state index contributed by atoms with van der Waals surface area (Å²) in [5.41, 5.74) is 5.58. The highest BCUT2D eigenvalue weighted by Crippen LogP contribution is 2.00. The summed E-state index contributed by atoms with van der Waals surface area (Å²) < 4.78 is 0. The van der Waals surface area contributed by atoms with Crippen molar-refractivity contribution in [3.05, 3.63) is 0 Å². The van der Waals surface area contributed by atoms with Crippen LogP contribution in [0, 0.1) is 5.92 Å². The van der Waals surface area contributed by atoms with Gasteiger partial charge in [-0.15, -0.1) is 0 Å². The SMILES string of the molecule is CCCC(O)CNC(=O)C(C)C(C)N. The van der Waals surface area contributed by atoms with Gasteiger partial charge in [0.1, 0.15) is 0 Å². The van der Waals surface area contributed by atoms with Gasteiger partial charge in [-0.25, -0.2) is 0 Å². The first-order chi connectivity index (χ1) is 6.49. The second-order valence-electron chi connectivity index (χ2n) is 3.84. The lowest BCUT2D eigenvalue weighted by Crippen LogP contribution is -2.41. The zero-order chi connectivity index (χ0) is 11.1. The van der Waals surface area contributed by atoms with E-state index in [0.717, 1.165) is 6.42 Å². The molecule has 0 aromatic carbocycles. The summed E-state index contributed by atoms with van der Waals surface area (Å²) in [6, 6.07) is -0.154. The monoisotopic (exact) mass is 202 g/mol. The van der Waals surface area contributed by atoms with Gasteiger partial charge in [0.15, 0.2) is 0 Å². The van der Waals surface area contributed by atoms with E-state index >= 15 is 0 Å². The molecule has 84 valence electrons. The fourth-order valence-electron chi connectivity index (χ4n) is 1.05. The summed E-state index contributed by atoms with van der Waals surface area (Å²) in [5.74, 6) is -0.293. The highest BCUT2D eigenvalue weighted by atomic mass is 16.3. The third kappa shape index (κ3) is 5.19. The maximum atomic E-state index is 11.4. The quantitative estimate of drug-likeness (QED) is 0.578. The molecule has 14 heavy (non-hydrogen) atoms. The maximum Gasteiger partial charge on any atom is 0.224 e. The predicted molar refractivity (Wildman–Crippen MR) is 56.7 cm³/mol. The van der Waals surface area contributed by atoms with Crippen molar-refractivity contribution in [2.45, 2.75) is 45.8 Å². The zero-order valence-corrected chi connectivity index (χ0v) is 9.29. The van der Waals surface area contributed by atoms with Gasteiger partial charge in [0.05, 0.1) is 6.10 Å². The Balaban J connectivity index is 3.73. The fraction of sp³-hybridized carbons (Fsp3) is 0.900. The molecule has 0 saturated heterocycles. The van der Waals surface area contributed by atoms with E-state index in [-0.39, 0.29) is 17.9 Å². The maximum absolute atomic E-state index is 11.4.